The van der Waals surface area contributed by atoms with Crippen molar-refractivity contribution in [2.75, 3.05) is 6.54 Å². The Labute approximate surface area is 146 Å². The van der Waals surface area contributed by atoms with Gasteiger partial charge in [0.25, 0.3) is 5.91 Å². The van der Waals surface area contributed by atoms with Crippen molar-refractivity contribution in [3.8, 4) is 5.75 Å². The third-order valence-corrected chi connectivity index (χ3v) is 5.09. The molecule has 2 rings (SSSR count). The van der Waals surface area contributed by atoms with Crippen LogP contribution in [0.15, 0.2) is 26.0 Å². The lowest BCUT2D eigenvalue weighted by molar-refractivity contribution is -0.140. The molecule has 1 aliphatic rings. The van der Waals surface area contributed by atoms with Crippen molar-refractivity contribution >= 4 is 78.1 Å². The molecule has 0 unspecified atom stereocenters. The maximum Gasteiger partial charge on any atom is 0.323 e. The number of amides is 1. The maximum atomic E-state index is 12.1. The topological polar surface area (TPSA) is 77.8 Å². The second kappa shape index (κ2) is 6.47. The van der Waals surface area contributed by atoms with Crippen molar-refractivity contribution in [1.82, 2.24) is 4.90 Å². The van der Waals surface area contributed by atoms with Crippen LogP contribution in [0.3, 0.4) is 0 Å². The van der Waals surface area contributed by atoms with Crippen LogP contribution in [0, 0.1) is 0 Å². The second-order valence-electron chi connectivity index (χ2n) is 3.99. The number of carboxylic acid groups (broad SMARTS) is 1. The van der Waals surface area contributed by atoms with Crippen molar-refractivity contribution in [2.24, 2.45) is 0 Å². The Morgan fingerprint density at radius 1 is 1.38 bits per heavy atom. The molecule has 1 aromatic carbocycles. The first-order valence-corrected chi connectivity index (χ1v) is 8.26. The molecule has 0 saturated carbocycles. The van der Waals surface area contributed by atoms with Crippen LogP contribution in [0.4, 0.5) is 0 Å². The summed E-state index contributed by atoms with van der Waals surface area (Å²) < 4.78 is 1.17. The van der Waals surface area contributed by atoms with E-state index in [-0.39, 0.29) is 10.1 Å². The van der Waals surface area contributed by atoms with Crippen LogP contribution in [0.25, 0.3) is 6.08 Å². The number of thiocarbonyl (C=S) groups is 1. The van der Waals surface area contributed by atoms with Gasteiger partial charge in [-0.1, -0.05) is 24.0 Å². The zero-order chi connectivity index (χ0) is 15.7. The molecule has 9 heteroatoms. The summed E-state index contributed by atoms with van der Waals surface area (Å²) in [5.41, 5.74) is 0.669. The summed E-state index contributed by atoms with van der Waals surface area (Å²) in [6.45, 7) is -0.453. The van der Waals surface area contributed by atoms with E-state index in [0.717, 1.165) is 16.7 Å². The van der Waals surface area contributed by atoms with Gasteiger partial charge in [0.2, 0.25) is 0 Å². The lowest BCUT2D eigenvalue weighted by atomic mass is 10.2. The molecule has 0 aliphatic carbocycles. The van der Waals surface area contributed by atoms with Crippen molar-refractivity contribution in [3.63, 3.8) is 0 Å². The third-order valence-electron chi connectivity index (χ3n) is 2.50. The van der Waals surface area contributed by atoms with Crippen molar-refractivity contribution < 1.29 is 19.8 Å². The Kier molecular flexibility index (Phi) is 5.07. The summed E-state index contributed by atoms with van der Waals surface area (Å²) in [5.74, 6) is -1.50. The summed E-state index contributed by atoms with van der Waals surface area (Å²) in [7, 11) is 0. The predicted molar refractivity (Wildman–Crippen MR) is 91.0 cm³/mol. The standard InChI is InChI=1S/C12H7Br2NO4S2/c13-6-1-5(2-7(14)10(6)18)3-8-11(19)15(4-9(16)17)12(20)21-8/h1-3,18H,4H2,(H,16,17)/b8-3+. The molecular weight excluding hydrogens is 446 g/mol. The Morgan fingerprint density at radius 2 is 1.95 bits per heavy atom. The fraction of sp³-hybridized carbons (Fsp3) is 0.0833. The SMILES string of the molecule is O=C(O)CN1C(=O)/C(=C\c2cc(Br)c(O)c(Br)c2)SC1=S. The van der Waals surface area contributed by atoms with E-state index in [1.54, 1.807) is 18.2 Å². The van der Waals surface area contributed by atoms with Gasteiger partial charge < -0.3 is 10.2 Å². The zero-order valence-corrected chi connectivity index (χ0v) is 15.0. The van der Waals surface area contributed by atoms with E-state index in [2.05, 4.69) is 31.9 Å². The van der Waals surface area contributed by atoms with Crippen LogP contribution in [-0.4, -0.2) is 37.9 Å². The van der Waals surface area contributed by atoms with Gasteiger partial charge in [-0.3, -0.25) is 14.5 Å². The van der Waals surface area contributed by atoms with Crippen LogP contribution in [-0.2, 0) is 9.59 Å². The number of carbonyl (C=O) groups excluding carboxylic acids is 1. The summed E-state index contributed by atoms with van der Waals surface area (Å²) in [5, 5.41) is 18.4. The molecule has 110 valence electrons. The number of phenolic OH excluding ortho intramolecular Hbond substituents is 1. The minimum absolute atomic E-state index is 0.0607. The molecule has 1 fully saturated rings. The van der Waals surface area contributed by atoms with E-state index >= 15 is 0 Å². The Morgan fingerprint density at radius 3 is 2.48 bits per heavy atom. The van der Waals surface area contributed by atoms with Gasteiger partial charge in [-0.25, -0.2) is 0 Å². The van der Waals surface area contributed by atoms with E-state index in [1.807, 2.05) is 0 Å². The summed E-state index contributed by atoms with van der Waals surface area (Å²) in [6.07, 6.45) is 1.59. The number of aliphatic carboxylic acids is 1. The van der Waals surface area contributed by atoms with Gasteiger partial charge in [-0.05, 0) is 55.6 Å². The van der Waals surface area contributed by atoms with Gasteiger partial charge in [0.1, 0.15) is 16.6 Å². The number of aromatic hydroxyl groups is 1. The molecule has 0 spiro atoms. The number of carboxylic acids is 1. The lowest BCUT2D eigenvalue weighted by Gasteiger charge is -2.10. The quantitative estimate of drug-likeness (QED) is 0.541. The zero-order valence-electron chi connectivity index (χ0n) is 10.2. The molecule has 0 radical (unpaired) electrons. The third kappa shape index (κ3) is 3.65. The Bertz CT molecular complexity index is 667. The molecule has 2 N–H and O–H groups in total. The average molecular weight is 453 g/mol. The highest BCUT2D eigenvalue weighted by molar-refractivity contribution is 9.11. The molecule has 0 atom stereocenters. The van der Waals surface area contributed by atoms with Gasteiger partial charge in [0, 0.05) is 0 Å². The maximum absolute atomic E-state index is 12.1. The number of halogens is 2. The van der Waals surface area contributed by atoms with Gasteiger partial charge in [-0.15, -0.1) is 0 Å². The second-order valence-corrected chi connectivity index (χ2v) is 7.38. The first-order chi connectivity index (χ1) is 9.79. The first-order valence-electron chi connectivity index (χ1n) is 5.44. The van der Waals surface area contributed by atoms with Crippen LogP contribution in [0.2, 0.25) is 0 Å². The molecule has 1 aromatic rings. The minimum Gasteiger partial charge on any atom is -0.506 e. The van der Waals surface area contributed by atoms with Crippen molar-refractivity contribution in [2.45, 2.75) is 0 Å². The molecular formula is C12H7Br2NO4S2. The van der Waals surface area contributed by atoms with Crippen molar-refractivity contribution in [1.29, 1.82) is 0 Å². The Hall–Kier alpha value is -0.900. The molecule has 1 heterocycles. The molecule has 0 bridgehead atoms. The predicted octanol–water partition coefficient (Wildman–Crippen LogP) is 3.20. The first kappa shape index (κ1) is 16.5. The molecule has 1 aliphatic heterocycles. The van der Waals surface area contributed by atoms with Crippen LogP contribution in [0.5, 0.6) is 5.75 Å². The highest BCUT2D eigenvalue weighted by atomic mass is 79.9. The van der Waals surface area contributed by atoms with E-state index < -0.39 is 18.4 Å². The van der Waals surface area contributed by atoms with Gasteiger partial charge in [-0.2, -0.15) is 0 Å². The summed E-state index contributed by atoms with van der Waals surface area (Å²) in [6, 6.07) is 3.29. The number of carbonyl (C=O) groups is 2. The van der Waals surface area contributed by atoms with E-state index in [4.69, 9.17) is 17.3 Å². The van der Waals surface area contributed by atoms with Gasteiger partial charge in [0.15, 0.2) is 0 Å². The molecule has 1 saturated heterocycles. The highest BCUT2D eigenvalue weighted by Gasteiger charge is 2.33. The van der Waals surface area contributed by atoms with E-state index in [1.165, 1.54) is 0 Å². The fourth-order valence-corrected chi connectivity index (χ4v) is 4.07. The number of nitrogens with zero attached hydrogens (tertiary/aromatic N) is 1. The normalized spacial score (nSPS) is 16.9. The van der Waals surface area contributed by atoms with Crippen LogP contribution >= 0.6 is 55.8 Å². The van der Waals surface area contributed by atoms with Crippen LogP contribution in [0.1, 0.15) is 5.56 Å². The molecule has 5 nitrogen and oxygen atoms in total. The van der Waals surface area contributed by atoms with Crippen molar-refractivity contribution in [3.05, 3.63) is 31.5 Å². The monoisotopic (exact) mass is 451 g/mol. The Balaban J connectivity index is 2.33. The van der Waals surface area contributed by atoms with Crippen LogP contribution < -0.4 is 0 Å². The van der Waals surface area contributed by atoms with E-state index in [9.17, 15) is 14.7 Å². The fourth-order valence-electron chi connectivity index (χ4n) is 1.59. The number of benzene rings is 1. The summed E-state index contributed by atoms with van der Waals surface area (Å²) >= 11 is 12.5. The lowest BCUT2D eigenvalue weighted by Crippen LogP contribution is -2.33. The smallest absolute Gasteiger partial charge is 0.323 e. The van der Waals surface area contributed by atoms with Gasteiger partial charge in [0.05, 0.1) is 13.9 Å². The molecule has 0 aromatic heterocycles. The number of phenols is 1. The largest absolute Gasteiger partial charge is 0.506 e. The highest BCUT2D eigenvalue weighted by Crippen LogP contribution is 2.36. The van der Waals surface area contributed by atoms with E-state index in [0.29, 0.717) is 19.4 Å². The number of thioether (sulfide) groups is 1. The molecule has 21 heavy (non-hydrogen) atoms. The average Bonchev–Trinajstić information content (AvgIpc) is 2.63. The summed E-state index contributed by atoms with van der Waals surface area (Å²) in [4.78, 5) is 24.2. The number of hydrogen-bond donors (Lipinski definition) is 2. The molecule has 1 amide bonds. The number of hydrogen-bond acceptors (Lipinski definition) is 5. The van der Waals surface area contributed by atoms with Gasteiger partial charge >= 0.3 is 5.97 Å². The number of rotatable bonds is 3. The minimum atomic E-state index is -1.12.